The van der Waals surface area contributed by atoms with E-state index < -0.39 is 0 Å². The number of hydrogen-bond donors (Lipinski definition) is 2. The van der Waals surface area contributed by atoms with Gasteiger partial charge in [0.05, 0.1) is 6.61 Å². The Balaban J connectivity index is 1.60. The normalized spacial score (nSPS) is 17.4. The maximum absolute atomic E-state index is 5.13. The first kappa shape index (κ1) is 19.4. The predicted molar refractivity (Wildman–Crippen MR) is 101 cm³/mol. The Morgan fingerprint density at radius 2 is 2.00 bits per heavy atom. The van der Waals surface area contributed by atoms with Gasteiger partial charge in [-0.25, -0.2) is 9.97 Å². The lowest BCUT2D eigenvalue weighted by atomic mass is 10.3. The van der Waals surface area contributed by atoms with Crippen molar-refractivity contribution >= 4 is 11.9 Å². The zero-order valence-corrected chi connectivity index (χ0v) is 15.6. The molecule has 25 heavy (non-hydrogen) atoms. The molecule has 2 rings (SSSR count). The maximum atomic E-state index is 5.13. The number of nitrogens with one attached hydrogen (secondary N) is 2. The smallest absolute Gasteiger partial charge is 0.225 e. The molecule has 1 saturated heterocycles. The van der Waals surface area contributed by atoms with Crippen LogP contribution in [0.25, 0.3) is 0 Å². The molecular formula is C17H31N7O. The van der Waals surface area contributed by atoms with Crippen LogP contribution < -0.4 is 15.5 Å². The molecule has 1 fully saturated rings. The Bertz CT molecular complexity index is 503. The number of aromatic nitrogens is 2. The summed E-state index contributed by atoms with van der Waals surface area (Å²) < 4.78 is 5.13. The first-order valence-corrected chi connectivity index (χ1v) is 8.93. The Kier molecular flexibility index (Phi) is 8.41. The van der Waals surface area contributed by atoms with Crippen molar-refractivity contribution in [2.45, 2.75) is 19.4 Å². The Morgan fingerprint density at radius 3 is 2.64 bits per heavy atom. The number of guanidine groups is 1. The van der Waals surface area contributed by atoms with E-state index in [1.54, 1.807) is 26.6 Å². The highest BCUT2D eigenvalue weighted by molar-refractivity contribution is 5.79. The van der Waals surface area contributed by atoms with E-state index >= 15 is 0 Å². The van der Waals surface area contributed by atoms with Crippen LogP contribution in [0.5, 0.6) is 0 Å². The number of hydrogen-bond acceptors (Lipinski definition) is 6. The third-order valence-electron chi connectivity index (χ3n) is 4.17. The average molecular weight is 349 g/mol. The average Bonchev–Trinajstić information content (AvgIpc) is 2.65. The largest absolute Gasteiger partial charge is 0.383 e. The highest BCUT2D eigenvalue weighted by Crippen LogP contribution is 2.09. The summed E-state index contributed by atoms with van der Waals surface area (Å²) in [5.74, 6) is 1.67. The van der Waals surface area contributed by atoms with Gasteiger partial charge in [0.25, 0.3) is 0 Å². The fraction of sp³-hybridized carbons (Fsp3) is 0.706. The van der Waals surface area contributed by atoms with Crippen molar-refractivity contribution in [2.75, 3.05) is 64.9 Å². The second kappa shape index (κ2) is 10.8. The number of anilines is 1. The molecule has 0 amide bonds. The summed E-state index contributed by atoms with van der Waals surface area (Å²) >= 11 is 0. The van der Waals surface area contributed by atoms with E-state index in [-0.39, 0.29) is 6.04 Å². The molecule has 1 aliphatic heterocycles. The van der Waals surface area contributed by atoms with Crippen LogP contribution in [-0.2, 0) is 4.74 Å². The molecule has 0 saturated carbocycles. The lowest BCUT2D eigenvalue weighted by Gasteiger charge is -2.34. The van der Waals surface area contributed by atoms with Gasteiger partial charge in [-0.2, -0.15) is 0 Å². The molecule has 2 heterocycles. The fourth-order valence-electron chi connectivity index (χ4n) is 2.86. The first-order valence-electron chi connectivity index (χ1n) is 8.93. The van der Waals surface area contributed by atoms with Crippen molar-refractivity contribution in [3.63, 3.8) is 0 Å². The van der Waals surface area contributed by atoms with E-state index in [0.29, 0.717) is 6.61 Å². The minimum absolute atomic E-state index is 0.240. The molecule has 0 aromatic carbocycles. The van der Waals surface area contributed by atoms with Gasteiger partial charge in [-0.15, -0.1) is 0 Å². The third kappa shape index (κ3) is 6.83. The quantitative estimate of drug-likeness (QED) is 0.394. The summed E-state index contributed by atoms with van der Waals surface area (Å²) in [5.41, 5.74) is 0. The molecule has 8 heteroatoms. The molecule has 1 aromatic heterocycles. The van der Waals surface area contributed by atoms with Crippen molar-refractivity contribution in [3.05, 3.63) is 18.5 Å². The van der Waals surface area contributed by atoms with Crippen LogP contribution in [0.3, 0.4) is 0 Å². The minimum atomic E-state index is 0.240. The zero-order valence-electron chi connectivity index (χ0n) is 15.6. The SMILES string of the molecule is CN=C(NCCCN1CCN(c2ncccn2)CC1)NC(C)COC. The van der Waals surface area contributed by atoms with E-state index in [1.807, 2.05) is 6.07 Å². The Labute approximate surface area is 150 Å². The van der Waals surface area contributed by atoms with E-state index in [9.17, 15) is 0 Å². The highest BCUT2D eigenvalue weighted by Gasteiger charge is 2.18. The summed E-state index contributed by atoms with van der Waals surface area (Å²) in [4.78, 5) is 17.6. The zero-order chi connectivity index (χ0) is 17.9. The predicted octanol–water partition coefficient (Wildman–Crippen LogP) is 0.189. The Hall–Kier alpha value is -1.93. The van der Waals surface area contributed by atoms with Crippen LogP contribution in [0.4, 0.5) is 5.95 Å². The summed E-state index contributed by atoms with van der Waals surface area (Å²) in [5, 5.41) is 6.67. The molecule has 2 N–H and O–H groups in total. The maximum Gasteiger partial charge on any atom is 0.225 e. The molecule has 0 spiro atoms. The van der Waals surface area contributed by atoms with E-state index in [1.165, 1.54) is 0 Å². The van der Waals surface area contributed by atoms with Crippen LogP contribution >= 0.6 is 0 Å². The minimum Gasteiger partial charge on any atom is -0.383 e. The van der Waals surface area contributed by atoms with Gasteiger partial charge in [0, 0.05) is 65.3 Å². The second-order valence-electron chi connectivity index (χ2n) is 6.23. The number of rotatable bonds is 8. The van der Waals surface area contributed by atoms with Crippen molar-refractivity contribution in [2.24, 2.45) is 4.99 Å². The molecule has 0 bridgehead atoms. The molecule has 1 unspecified atom stereocenters. The van der Waals surface area contributed by atoms with Gasteiger partial charge >= 0.3 is 0 Å². The van der Waals surface area contributed by atoms with Crippen LogP contribution in [0.1, 0.15) is 13.3 Å². The van der Waals surface area contributed by atoms with E-state index in [0.717, 1.165) is 57.6 Å². The van der Waals surface area contributed by atoms with Gasteiger partial charge in [0.15, 0.2) is 5.96 Å². The van der Waals surface area contributed by atoms with Gasteiger partial charge < -0.3 is 20.3 Å². The third-order valence-corrected chi connectivity index (χ3v) is 4.17. The van der Waals surface area contributed by atoms with Crippen molar-refractivity contribution in [1.29, 1.82) is 0 Å². The summed E-state index contributed by atoms with van der Waals surface area (Å²) in [6.45, 7) is 8.79. The molecule has 1 atom stereocenters. The van der Waals surface area contributed by atoms with Gasteiger partial charge in [0.1, 0.15) is 0 Å². The topological polar surface area (TPSA) is 77.9 Å². The number of aliphatic imine (C=N–C) groups is 1. The van der Waals surface area contributed by atoms with Gasteiger partial charge in [-0.05, 0) is 26.0 Å². The summed E-state index contributed by atoms with van der Waals surface area (Å²) in [7, 11) is 3.50. The molecule has 0 radical (unpaired) electrons. The van der Waals surface area contributed by atoms with Crippen LogP contribution in [0.2, 0.25) is 0 Å². The Morgan fingerprint density at radius 1 is 1.28 bits per heavy atom. The van der Waals surface area contributed by atoms with Crippen molar-refractivity contribution in [1.82, 2.24) is 25.5 Å². The second-order valence-corrected chi connectivity index (χ2v) is 6.23. The van der Waals surface area contributed by atoms with Gasteiger partial charge in [-0.3, -0.25) is 9.89 Å². The molecule has 0 aliphatic carbocycles. The van der Waals surface area contributed by atoms with Gasteiger partial charge in [0.2, 0.25) is 5.95 Å². The summed E-state index contributed by atoms with van der Waals surface area (Å²) in [6.07, 6.45) is 4.69. The van der Waals surface area contributed by atoms with E-state index in [2.05, 4.69) is 42.3 Å². The van der Waals surface area contributed by atoms with Crippen molar-refractivity contribution in [3.8, 4) is 0 Å². The van der Waals surface area contributed by atoms with E-state index in [4.69, 9.17) is 4.74 Å². The number of nitrogens with zero attached hydrogens (tertiary/aromatic N) is 5. The number of methoxy groups -OCH3 is 1. The molecule has 8 nitrogen and oxygen atoms in total. The monoisotopic (exact) mass is 349 g/mol. The number of piperazine rings is 1. The van der Waals surface area contributed by atoms with Crippen molar-refractivity contribution < 1.29 is 4.74 Å². The molecule has 1 aliphatic rings. The highest BCUT2D eigenvalue weighted by atomic mass is 16.5. The molecule has 1 aromatic rings. The summed E-state index contributed by atoms with van der Waals surface area (Å²) in [6, 6.07) is 2.09. The lowest BCUT2D eigenvalue weighted by molar-refractivity contribution is 0.179. The van der Waals surface area contributed by atoms with Gasteiger partial charge in [-0.1, -0.05) is 0 Å². The van der Waals surface area contributed by atoms with Crippen LogP contribution in [0, 0.1) is 0 Å². The fourth-order valence-corrected chi connectivity index (χ4v) is 2.86. The lowest BCUT2D eigenvalue weighted by Crippen LogP contribution is -2.48. The number of ether oxygens (including phenoxy) is 1. The van der Waals surface area contributed by atoms with Crippen LogP contribution in [0.15, 0.2) is 23.5 Å². The van der Waals surface area contributed by atoms with Crippen LogP contribution in [-0.4, -0.2) is 86.9 Å². The molecular weight excluding hydrogens is 318 g/mol. The molecule has 140 valence electrons. The first-order chi connectivity index (χ1) is 12.2. The standard InChI is InChI=1S/C17H31N7O/c1-15(14-25-3)22-16(18-2)19-8-5-9-23-10-12-24(13-11-23)17-20-6-4-7-21-17/h4,6-7,15H,5,8-14H2,1-3H3,(H2,18,19,22).